The largest absolute Gasteiger partial charge is 0.496 e. The zero-order chi connectivity index (χ0) is 31.9. The zero-order valence-corrected chi connectivity index (χ0v) is 27.5. The molecule has 0 spiro atoms. The monoisotopic (exact) mass is 634 g/mol. The summed E-state index contributed by atoms with van der Waals surface area (Å²) in [6.45, 7) is 5.38. The maximum absolute atomic E-state index is 6.15. The molecule has 0 saturated carbocycles. The number of methoxy groups -OCH3 is 2. The number of benzene rings is 4. The Kier molecular flexibility index (Phi) is 9.84. The van der Waals surface area contributed by atoms with Crippen molar-refractivity contribution in [3.8, 4) is 56.2 Å². The fourth-order valence-electron chi connectivity index (χ4n) is 5.32. The van der Waals surface area contributed by atoms with Crippen LogP contribution in [0.4, 0.5) is 0 Å². The van der Waals surface area contributed by atoms with Gasteiger partial charge in [-0.05, 0) is 105 Å². The molecule has 6 rings (SSSR count). The van der Waals surface area contributed by atoms with Crippen molar-refractivity contribution in [2.45, 2.75) is 39.5 Å². The van der Waals surface area contributed by atoms with Crippen LogP contribution >= 0.6 is 11.3 Å². The molecule has 236 valence electrons. The number of aryl methyl sites for hydroxylation is 1. The van der Waals surface area contributed by atoms with Crippen molar-refractivity contribution in [2.75, 3.05) is 27.4 Å². The lowest BCUT2D eigenvalue weighted by atomic mass is 10.0. The second-order valence-corrected chi connectivity index (χ2v) is 12.2. The van der Waals surface area contributed by atoms with Gasteiger partial charge in [0, 0.05) is 22.8 Å². The van der Waals surface area contributed by atoms with Gasteiger partial charge in [0.1, 0.15) is 22.2 Å². The molecule has 7 nitrogen and oxygen atoms in total. The van der Waals surface area contributed by atoms with Crippen LogP contribution in [-0.2, 0) is 0 Å². The summed E-state index contributed by atoms with van der Waals surface area (Å²) >= 11 is 1.70. The van der Waals surface area contributed by atoms with Crippen LogP contribution in [0.3, 0.4) is 0 Å². The third kappa shape index (κ3) is 7.18. The molecule has 8 heteroatoms. The van der Waals surface area contributed by atoms with Gasteiger partial charge in [0.15, 0.2) is 17.3 Å². The Hall–Kier alpha value is -4.82. The summed E-state index contributed by atoms with van der Waals surface area (Å²) in [5.41, 5.74) is 6.93. The number of ether oxygens (including phenoxy) is 4. The molecule has 0 atom stereocenters. The number of unbranched alkanes of at least 4 members (excludes halogenated alkanes) is 3. The van der Waals surface area contributed by atoms with E-state index in [1.807, 2.05) is 67.6 Å². The highest BCUT2D eigenvalue weighted by Gasteiger charge is 2.15. The van der Waals surface area contributed by atoms with Crippen LogP contribution in [0.1, 0.15) is 36.8 Å². The third-order valence-electron chi connectivity index (χ3n) is 8.03. The summed E-state index contributed by atoms with van der Waals surface area (Å²) in [6.07, 6.45) is 4.01. The van der Waals surface area contributed by atoms with Crippen molar-refractivity contribution in [3.05, 3.63) is 96.1 Å². The number of aromatic nitrogens is 2. The van der Waals surface area contributed by atoms with Crippen molar-refractivity contribution < 1.29 is 23.5 Å². The highest BCUT2D eigenvalue weighted by Crippen LogP contribution is 2.36. The lowest BCUT2D eigenvalue weighted by molar-refractivity contribution is 0.277. The molecule has 0 aliphatic heterocycles. The Balaban J connectivity index is 0.972. The normalized spacial score (nSPS) is 11.1. The standard InChI is InChI=1S/C38H38N2O5S/c1-25-20-29(23-34(42-4)26(25)2)32-24-35(45-40-32)27-16-17-33(41-3)36(22-27)44-19-10-6-5-9-18-43-30-13-11-12-28(21-30)38-39-31-14-7-8-15-37(31)46-38/h7-8,11-17,20-24H,5-6,9-10,18-19H2,1-4H3. The van der Waals surface area contributed by atoms with Crippen molar-refractivity contribution in [1.82, 2.24) is 10.1 Å². The predicted molar refractivity (Wildman–Crippen MR) is 184 cm³/mol. The highest BCUT2D eigenvalue weighted by atomic mass is 32.1. The van der Waals surface area contributed by atoms with Crippen LogP contribution < -0.4 is 18.9 Å². The number of para-hydroxylation sites is 1. The molecular formula is C38H38N2O5S. The van der Waals surface area contributed by atoms with Crippen molar-refractivity contribution in [2.24, 2.45) is 0 Å². The molecule has 2 heterocycles. The number of hydrogen-bond donors (Lipinski definition) is 0. The molecule has 0 fully saturated rings. The predicted octanol–water partition coefficient (Wildman–Crippen LogP) is 9.94. The Morgan fingerprint density at radius 1 is 0.674 bits per heavy atom. The number of nitrogens with zero attached hydrogens (tertiary/aromatic N) is 2. The van der Waals surface area contributed by atoms with E-state index in [4.69, 9.17) is 28.5 Å². The van der Waals surface area contributed by atoms with E-state index in [0.717, 1.165) is 81.2 Å². The second kappa shape index (κ2) is 14.5. The van der Waals surface area contributed by atoms with Crippen molar-refractivity contribution in [1.29, 1.82) is 0 Å². The first kappa shape index (κ1) is 31.2. The Morgan fingerprint density at radius 3 is 2.26 bits per heavy atom. The van der Waals surface area contributed by atoms with Gasteiger partial charge in [0.25, 0.3) is 0 Å². The van der Waals surface area contributed by atoms with Gasteiger partial charge < -0.3 is 23.5 Å². The molecule has 4 aromatic carbocycles. The van der Waals surface area contributed by atoms with E-state index in [1.165, 1.54) is 4.70 Å². The summed E-state index contributed by atoms with van der Waals surface area (Å²) < 4.78 is 30.2. The van der Waals surface area contributed by atoms with Gasteiger partial charge in [-0.15, -0.1) is 11.3 Å². The van der Waals surface area contributed by atoms with E-state index in [-0.39, 0.29) is 0 Å². The lowest BCUT2D eigenvalue weighted by Gasteiger charge is -2.12. The van der Waals surface area contributed by atoms with E-state index in [0.29, 0.717) is 30.5 Å². The van der Waals surface area contributed by atoms with Crippen LogP contribution in [0.2, 0.25) is 0 Å². The maximum atomic E-state index is 6.15. The molecule has 46 heavy (non-hydrogen) atoms. The van der Waals surface area contributed by atoms with Crippen molar-refractivity contribution >= 4 is 21.6 Å². The van der Waals surface area contributed by atoms with Gasteiger partial charge in [-0.1, -0.05) is 29.4 Å². The summed E-state index contributed by atoms with van der Waals surface area (Å²) in [5, 5.41) is 5.33. The summed E-state index contributed by atoms with van der Waals surface area (Å²) in [4.78, 5) is 4.77. The maximum Gasteiger partial charge on any atom is 0.167 e. The zero-order valence-electron chi connectivity index (χ0n) is 26.7. The van der Waals surface area contributed by atoms with Gasteiger partial charge in [0.05, 0.1) is 37.6 Å². The van der Waals surface area contributed by atoms with Crippen LogP contribution in [-0.4, -0.2) is 37.6 Å². The highest BCUT2D eigenvalue weighted by molar-refractivity contribution is 7.21. The Labute approximate surface area is 273 Å². The topological polar surface area (TPSA) is 75.8 Å². The first-order chi connectivity index (χ1) is 22.5. The number of fused-ring (bicyclic) bond motifs is 1. The molecule has 0 aliphatic carbocycles. The summed E-state index contributed by atoms with van der Waals surface area (Å²) in [6, 6.07) is 28.2. The Morgan fingerprint density at radius 2 is 1.46 bits per heavy atom. The molecular weight excluding hydrogens is 596 g/mol. The number of thiazole rings is 1. The third-order valence-corrected chi connectivity index (χ3v) is 9.12. The molecule has 6 aromatic rings. The summed E-state index contributed by atoms with van der Waals surface area (Å²) in [5.74, 6) is 3.73. The molecule has 0 aliphatic rings. The van der Waals surface area contributed by atoms with Gasteiger partial charge in [0.2, 0.25) is 0 Å². The molecule has 0 unspecified atom stereocenters. The van der Waals surface area contributed by atoms with Crippen LogP contribution in [0.15, 0.2) is 89.5 Å². The van der Waals surface area contributed by atoms with Gasteiger partial charge >= 0.3 is 0 Å². The smallest absolute Gasteiger partial charge is 0.167 e. The second-order valence-electron chi connectivity index (χ2n) is 11.2. The Bertz CT molecular complexity index is 1900. The van der Waals surface area contributed by atoms with Crippen molar-refractivity contribution in [3.63, 3.8) is 0 Å². The number of rotatable bonds is 14. The van der Waals surface area contributed by atoms with E-state index < -0.39 is 0 Å². The van der Waals surface area contributed by atoms with Gasteiger partial charge in [-0.2, -0.15) is 0 Å². The van der Waals surface area contributed by atoms with Gasteiger partial charge in [-0.25, -0.2) is 4.98 Å². The molecule has 0 saturated heterocycles. The molecule has 0 amide bonds. The van der Waals surface area contributed by atoms with E-state index >= 15 is 0 Å². The SMILES string of the molecule is COc1ccc(-c2cc(-c3cc(C)c(C)c(OC)c3)no2)cc1OCCCCCCOc1cccc(-c2nc3ccccc3s2)c1. The fraction of sp³-hybridized carbons (Fsp3) is 0.263. The quantitative estimate of drug-likeness (QED) is 0.110. The first-order valence-electron chi connectivity index (χ1n) is 15.5. The minimum Gasteiger partial charge on any atom is -0.496 e. The fourth-order valence-corrected chi connectivity index (χ4v) is 6.28. The average Bonchev–Trinajstić information content (AvgIpc) is 3.76. The van der Waals surface area contributed by atoms with Crippen LogP contribution in [0.5, 0.6) is 23.0 Å². The van der Waals surface area contributed by atoms with Crippen LogP contribution in [0.25, 0.3) is 43.4 Å². The van der Waals surface area contributed by atoms with E-state index in [2.05, 4.69) is 36.3 Å². The number of hydrogen-bond acceptors (Lipinski definition) is 8. The first-order valence-corrected chi connectivity index (χ1v) is 16.4. The summed E-state index contributed by atoms with van der Waals surface area (Å²) in [7, 11) is 3.33. The van der Waals surface area contributed by atoms with E-state index in [9.17, 15) is 0 Å². The lowest BCUT2D eigenvalue weighted by Crippen LogP contribution is -2.01. The molecule has 0 N–H and O–H groups in total. The average molecular weight is 635 g/mol. The minimum atomic E-state index is 0.592. The van der Waals surface area contributed by atoms with Crippen LogP contribution in [0, 0.1) is 13.8 Å². The molecule has 0 bridgehead atoms. The van der Waals surface area contributed by atoms with Gasteiger partial charge in [-0.3, -0.25) is 0 Å². The molecule has 2 aromatic heterocycles. The minimum absolute atomic E-state index is 0.592. The molecule has 0 radical (unpaired) electrons. The van der Waals surface area contributed by atoms with E-state index in [1.54, 1.807) is 25.6 Å².